The molecule has 1 aromatic heterocycles. The molecule has 0 aliphatic heterocycles. The number of hydrogen-bond donors (Lipinski definition) is 2. The molecule has 0 radical (unpaired) electrons. The Labute approximate surface area is 145 Å². The molecule has 0 unspecified atom stereocenters. The number of nitrogens with zero attached hydrogens (tertiary/aromatic N) is 2. The van der Waals surface area contributed by atoms with Gasteiger partial charge in [-0.05, 0) is 25.1 Å². The molecule has 0 bridgehead atoms. The number of imidazole rings is 1. The highest BCUT2D eigenvalue weighted by Gasteiger charge is 2.30. The minimum absolute atomic E-state index is 0.0783. The van der Waals surface area contributed by atoms with Crippen LogP contribution >= 0.6 is 15.9 Å². The van der Waals surface area contributed by atoms with Crippen LogP contribution in [0.1, 0.15) is 33.5 Å². The van der Waals surface area contributed by atoms with Gasteiger partial charge in [0.2, 0.25) is 0 Å². The fourth-order valence-corrected chi connectivity index (χ4v) is 2.70. The number of carbonyl (C=O) groups excluding carboxylic acids is 1. The van der Waals surface area contributed by atoms with Crippen LogP contribution in [0.3, 0.4) is 0 Å². The summed E-state index contributed by atoms with van der Waals surface area (Å²) in [6.45, 7) is 1.49. The Morgan fingerprint density at radius 2 is 2.17 bits per heavy atom. The average molecular weight is 400 g/mol. The standard InChI is InChI=1S/C15H15BrFN3O4/c1-15(18,9-5-8(16)3-4-10(9)17)6-20-7-19-11(13(21)22)12(20)14(23)24-2/h3-5,7H,6,18H2,1-2H3,(H,21,22)/t15-/m0/s1. The van der Waals surface area contributed by atoms with E-state index in [1.807, 2.05) is 0 Å². The number of carbonyl (C=O) groups is 2. The number of carboxylic acid groups (broad SMARTS) is 1. The fraction of sp³-hybridized carbons (Fsp3) is 0.267. The van der Waals surface area contributed by atoms with Gasteiger partial charge in [-0.2, -0.15) is 0 Å². The summed E-state index contributed by atoms with van der Waals surface area (Å²) in [7, 11) is 1.13. The highest BCUT2D eigenvalue weighted by atomic mass is 79.9. The van der Waals surface area contributed by atoms with Crippen LogP contribution in [0.15, 0.2) is 29.0 Å². The molecule has 0 spiro atoms. The van der Waals surface area contributed by atoms with Gasteiger partial charge >= 0.3 is 11.9 Å². The molecule has 128 valence electrons. The Balaban J connectivity index is 2.48. The maximum absolute atomic E-state index is 14.1. The minimum Gasteiger partial charge on any atom is -0.476 e. The van der Waals surface area contributed by atoms with Crippen molar-refractivity contribution >= 4 is 27.9 Å². The van der Waals surface area contributed by atoms with Gasteiger partial charge in [0.25, 0.3) is 0 Å². The second-order valence-corrected chi connectivity index (χ2v) is 6.32. The van der Waals surface area contributed by atoms with Crippen molar-refractivity contribution in [3.05, 3.63) is 51.8 Å². The molecule has 0 saturated carbocycles. The number of nitrogens with two attached hydrogens (primary N) is 1. The first-order valence-corrected chi connectivity index (χ1v) is 7.58. The summed E-state index contributed by atoms with van der Waals surface area (Å²) < 4.78 is 20.6. The van der Waals surface area contributed by atoms with Crippen LogP contribution in [0.2, 0.25) is 0 Å². The molecule has 0 fully saturated rings. The minimum atomic E-state index is -1.37. The Morgan fingerprint density at radius 3 is 2.75 bits per heavy atom. The van der Waals surface area contributed by atoms with Crippen LogP contribution in [-0.4, -0.2) is 33.7 Å². The first-order chi connectivity index (χ1) is 11.2. The Morgan fingerprint density at radius 1 is 1.50 bits per heavy atom. The lowest BCUT2D eigenvalue weighted by Crippen LogP contribution is -2.39. The van der Waals surface area contributed by atoms with Crippen LogP contribution < -0.4 is 5.73 Å². The normalized spacial score (nSPS) is 13.4. The topological polar surface area (TPSA) is 107 Å². The number of benzene rings is 1. The summed E-state index contributed by atoms with van der Waals surface area (Å²) in [5, 5.41) is 9.14. The van der Waals surface area contributed by atoms with Gasteiger partial charge in [0, 0.05) is 16.6 Å². The van der Waals surface area contributed by atoms with E-state index in [1.165, 1.54) is 22.8 Å². The van der Waals surface area contributed by atoms with Gasteiger partial charge in [-0.1, -0.05) is 15.9 Å². The summed E-state index contributed by atoms with van der Waals surface area (Å²) in [5.41, 5.74) is 4.50. The third-order valence-corrected chi connectivity index (χ3v) is 3.95. The molecule has 2 aromatic rings. The van der Waals surface area contributed by atoms with Gasteiger partial charge in [0.15, 0.2) is 11.4 Å². The zero-order valence-electron chi connectivity index (χ0n) is 12.9. The van der Waals surface area contributed by atoms with Crippen molar-refractivity contribution in [2.24, 2.45) is 5.73 Å². The van der Waals surface area contributed by atoms with E-state index in [0.29, 0.717) is 4.47 Å². The van der Waals surface area contributed by atoms with Crippen molar-refractivity contribution in [1.82, 2.24) is 9.55 Å². The largest absolute Gasteiger partial charge is 0.476 e. The van der Waals surface area contributed by atoms with E-state index in [1.54, 1.807) is 6.92 Å². The van der Waals surface area contributed by atoms with Crippen molar-refractivity contribution < 1.29 is 23.8 Å². The number of hydrogen-bond acceptors (Lipinski definition) is 5. The first kappa shape index (κ1) is 18.1. The van der Waals surface area contributed by atoms with Crippen LogP contribution in [0, 0.1) is 5.82 Å². The molecule has 0 amide bonds. The molecular weight excluding hydrogens is 385 g/mol. The van der Waals surface area contributed by atoms with E-state index in [9.17, 15) is 14.0 Å². The summed E-state index contributed by atoms with van der Waals surface area (Å²) in [6, 6.07) is 4.33. The summed E-state index contributed by atoms with van der Waals surface area (Å²) in [5.74, 6) is -2.75. The number of aromatic nitrogens is 2. The zero-order valence-corrected chi connectivity index (χ0v) is 14.5. The number of methoxy groups -OCH3 is 1. The summed E-state index contributed by atoms with van der Waals surface area (Å²) >= 11 is 3.25. The van der Waals surface area contributed by atoms with Crippen molar-refractivity contribution in [3.63, 3.8) is 0 Å². The molecule has 24 heavy (non-hydrogen) atoms. The number of aromatic carboxylic acids is 1. The predicted molar refractivity (Wildman–Crippen MR) is 86.2 cm³/mol. The predicted octanol–water partition coefficient (Wildman–Crippen LogP) is 2.14. The van der Waals surface area contributed by atoms with Crippen LogP contribution in [0.5, 0.6) is 0 Å². The van der Waals surface area contributed by atoms with Crippen molar-refractivity contribution in [1.29, 1.82) is 0 Å². The van der Waals surface area contributed by atoms with Gasteiger partial charge in [-0.15, -0.1) is 0 Å². The molecule has 1 aromatic carbocycles. The molecule has 9 heteroatoms. The number of carboxylic acids is 1. The van der Waals surface area contributed by atoms with E-state index in [2.05, 4.69) is 25.7 Å². The smallest absolute Gasteiger partial charge is 0.357 e. The van der Waals surface area contributed by atoms with Gasteiger partial charge < -0.3 is 20.1 Å². The maximum Gasteiger partial charge on any atom is 0.357 e. The molecule has 2 rings (SSSR count). The summed E-state index contributed by atoms with van der Waals surface area (Å²) in [6.07, 6.45) is 1.16. The van der Waals surface area contributed by atoms with E-state index < -0.39 is 29.0 Å². The lowest BCUT2D eigenvalue weighted by Gasteiger charge is -2.27. The third kappa shape index (κ3) is 3.46. The maximum atomic E-state index is 14.1. The fourth-order valence-electron chi connectivity index (χ4n) is 2.34. The number of esters is 1. The quantitative estimate of drug-likeness (QED) is 0.745. The molecule has 1 heterocycles. The Bertz CT molecular complexity index is 804. The molecule has 3 N–H and O–H groups in total. The first-order valence-electron chi connectivity index (χ1n) is 6.78. The number of halogens is 2. The molecule has 7 nitrogen and oxygen atoms in total. The SMILES string of the molecule is COC(=O)c1c(C(=O)O)ncn1C[C@](C)(N)c1cc(Br)ccc1F. The van der Waals surface area contributed by atoms with Gasteiger partial charge in [0.1, 0.15) is 5.82 Å². The monoisotopic (exact) mass is 399 g/mol. The van der Waals surface area contributed by atoms with E-state index in [-0.39, 0.29) is 17.8 Å². The van der Waals surface area contributed by atoms with Gasteiger partial charge in [0.05, 0.1) is 19.0 Å². The van der Waals surface area contributed by atoms with E-state index in [4.69, 9.17) is 10.8 Å². The zero-order chi connectivity index (χ0) is 18.1. The van der Waals surface area contributed by atoms with Crippen LogP contribution in [0.4, 0.5) is 4.39 Å². The van der Waals surface area contributed by atoms with E-state index in [0.717, 1.165) is 13.4 Å². The lowest BCUT2D eigenvalue weighted by molar-refractivity contribution is 0.0568. The molecule has 0 aliphatic rings. The van der Waals surface area contributed by atoms with Crippen molar-refractivity contribution in [2.75, 3.05) is 7.11 Å². The average Bonchev–Trinajstić information content (AvgIpc) is 2.91. The third-order valence-electron chi connectivity index (χ3n) is 3.46. The lowest BCUT2D eigenvalue weighted by atomic mass is 9.92. The Hall–Kier alpha value is -2.26. The Kier molecular flexibility index (Phi) is 5.05. The summed E-state index contributed by atoms with van der Waals surface area (Å²) in [4.78, 5) is 26.8. The van der Waals surface area contributed by atoms with E-state index >= 15 is 0 Å². The highest BCUT2D eigenvalue weighted by molar-refractivity contribution is 9.10. The second kappa shape index (κ2) is 6.70. The molecule has 0 saturated heterocycles. The van der Waals surface area contributed by atoms with Crippen LogP contribution in [0.25, 0.3) is 0 Å². The second-order valence-electron chi connectivity index (χ2n) is 5.41. The van der Waals surface area contributed by atoms with Crippen molar-refractivity contribution in [3.8, 4) is 0 Å². The van der Waals surface area contributed by atoms with Gasteiger partial charge in [-0.3, -0.25) is 0 Å². The van der Waals surface area contributed by atoms with Gasteiger partial charge in [-0.25, -0.2) is 19.0 Å². The van der Waals surface area contributed by atoms with Crippen LogP contribution in [-0.2, 0) is 16.8 Å². The molecular formula is C15H15BrFN3O4. The van der Waals surface area contributed by atoms with Crippen molar-refractivity contribution in [2.45, 2.75) is 19.0 Å². The molecule has 0 aliphatic carbocycles. The highest BCUT2D eigenvalue weighted by Crippen LogP contribution is 2.27. The molecule has 1 atom stereocenters. The number of rotatable bonds is 5. The number of ether oxygens (including phenoxy) is 1.